The zero-order valence-electron chi connectivity index (χ0n) is 15.7. The number of ketones is 1. The Kier molecular flexibility index (Phi) is 5.69. The molecule has 1 unspecified atom stereocenters. The molecule has 0 saturated carbocycles. The summed E-state index contributed by atoms with van der Waals surface area (Å²) < 4.78 is 2.18. The van der Waals surface area contributed by atoms with Crippen LogP contribution in [0.25, 0.3) is 0 Å². The van der Waals surface area contributed by atoms with Crippen molar-refractivity contribution in [2.45, 2.75) is 46.1 Å². The van der Waals surface area contributed by atoms with Crippen LogP contribution in [0, 0.1) is 19.8 Å². The smallest absolute Gasteiger partial charge is 0.137 e. The number of benzene rings is 1. The lowest BCUT2D eigenvalue weighted by Crippen LogP contribution is -2.38. The van der Waals surface area contributed by atoms with Crippen LogP contribution in [-0.2, 0) is 24.8 Å². The van der Waals surface area contributed by atoms with Gasteiger partial charge in [-0.1, -0.05) is 30.3 Å². The van der Waals surface area contributed by atoms with Crippen LogP contribution in [0.2, 0.25) is 0 Å². The number of nitrogens with zero attached hydrogens (tertiary/aromatic N) is 3. The molecular formula is C21H29N3O. The zero-order chi connectivity index (χ0) is 17.8. The largest absolute Gasteiger partial charge is 0.334 e. The van der Waals surface area contributed by atoms with Gasteiger partial charge in [-0.15, -0.1) is 0 Å². The number of hydrogen-bond acceptors (Lipinski definition) is 3. The van der Waals surface area contributed by atoms with Gasteiger partial charge in [-0.2, -0.15) is 0 Å². The van der Waals surface area contributed by atoms with Crippen molar-refractivity contribution in [2.75, 3.05) is 13.1 Å². The summed E-state index contributed by atoms with van der Waals surface area (Å²) >= 11 is 0. The Labute approximate surface area is 150 Å². The lowest BCUT2D eigenvalue weighted by Gasteiger charge is -2.31. The lowest BCUT2D eigenvalue weighted by molar-refractivity contribution is -0.124. The topological polar surface area (TPSA) is 38.1 Å². The van der Waals surface area contributed by atoms with Crippen LogP contribution in [0.4, 0.5) is 0 Å². The molecule has 1 saturated heterocycles. The standard InChI is InChI=1S/C21H29N3O/c1-16-17(2)23(3)21(22-16)15-24-13-7-10-19(14-24)20(25)12-11-18-8-5-4-6-9-18/h4-6,8-9,19H,7,10-15H2,1-3H3. The van der Waals surface area contributed by atoms with Crippen LogP contribution in [0.5, 0.6) is 0 Å². The highest BCUT2D eigenvalue weighted by Gasteiger charge is 2.26. The number of carbonyl (C=O) groups excluding carboxylic acids is 1. The summed E-state index contributed by atoms with van der Waals surface area (Å²) in [5.41, 5.74) is 3.58. The number of aryl methyl sites for hydroxylation is 2. The molecule has 1 aliphatic heterocycles. The molecule has 0 N–H and O–H groups in total. The predicted molar refractivity (Wildman–Crippen MR) is 100 cm³/mol. The molecule has 2 aromatic rings. The molecule has 1 fully saturated rings. The minimum atomic E-state index is 0.180. The summed E-state index contributed by atoms with van der Waals surface area (Å²) in [5, 5.41) is 0. The van der Waals surface area contributed by atoms with Gasteiger partial charge in [0, 0.05) is 31.6 Å². The van der Waals surface area contributed by atoms with E-state index in [9.17, 15) is 4.79 Å². The van der Waals surface area contributed by atoms with E-state index in [0.29, 0.717) is 12.2 Å². The first-order valence-corrected chi connectivity index (χ1v) is 9.32. The molecule has 2 heterocycles. The molecule has 3 rings (SSSR count). The van der Waals surface area contributed by atoms with E-state index in [-0.39, 0.29) is 5.92 Å². The fourth-order valence-corrected chi connectivity index (χ4v) is 3.71. The van der Waals surface area contributed by atoms with Gasteiger partial charge in [0.05, 0.1) is 12.2 Å². The SMILES string of the molecule is Cc1nc(CN2CCCC(C(=O)CCc3ccccc3)C2)n(C)c1C. The third kappa shape index (κ3) is 4.37. The summed E-state index contributed by atoms with van der Waals surface area (Å²) in [6.45, 7) is 6.95. The average molecular weight is 339 g/mol. The Balaban J connectivity index is 1.55. The molecule has 0 radical (unpaired) electrons. The van der Waals surface area contributed by atoms with Crippen molar-refractivity contribution in [3.63, 3.8) is 0 Å². The van der Waals surface area contributed by atoms with Gasteiger partial charge in [0.2, 0.25) is 0 Å². The molecule has 1 atom stereocenters. The van der Waals surface area contributed by atoms with Crippen molar-refractivity contribution in [1.29, 1.82) is 0 Å². The van der Waals surface area contributed by atoms with Crippen molar-refractivity contribution >= 4 is 5.78 Å². The van der Waals surface area contributed by atoms with Gasteiger partial charge in [0.25, 0.3) is 0 Å². The second-order valence-corrected chi connectivity index (χ2v) is 7.28. The first-order valence-electron chi connectivity index (χ1n) is 9.32. The van der Waals surface area contributed by atoms with E-state index in [1.165, 1.54) is 11.3 Å². The van der Waals surface area contributed by atoms with E-state index < -0.39 is 0 Å². The zero-order valence-corrected chi connectivity index (χ0v) is 15.7. The Hall–Kier alpha value is -1.94. The molecule has 1 aromatic heterocycles. The van der Waals surface area contributed by atoms with E-state index in [1.54, 1.807) is 0 Å². The van der Waals surface area contributed by atoms with Crippen LogP contribution in [0.3, 0.4) is 0 Å². The molecule has 1 aliphatic rings. The van der Waals surface area contributed by atoms with E-state index in [1.807, 2.05) is 18.2 Å². The predicted octanol–water partition coefficient (Wildman–Crippen LogP) is 3.45. The quantitative estimate of drug-likeness (QED) is 0.809. The van der Waals surface area contributed by atoms with Crippen molar-refractivity contribution in [3.05, 3.63) is 53.1 Å². The molecule has 1 aromatic carbocycles. The van der Waals surface area contributed by atoms with Gasteiger partial charge in [0.1, 0.15) is 11.6 Å². The number of Topliss-reactive ketones (excluding diaryl/α,β-unsaturated/α-hetero) is 1. The van der Waals surface area contributed by atoms with Crippen LogP contribution >= 0.6 is 0 Å². The van der Waals surface area contributed by atoms with Gasteiger partial charge < -0.3 is 4.57 Å². The van der Waals surface area contributed by atoms with Gasteiger partial charge >= 0.3 is 0 Å². The van der Waals surface area contributed by atoms with Crippen LogP contribution in [0.1, 0.15) is 42.0 Å². The fourth-order valence-electron chi connectivity index (χ4n) is 3.71. The van der Waals surface area contributed by atoms with Crippen molar-refractivity contribution in [3.8, 4) is 0 Å². The second-order valence-electron chi connectivity index (χ2n) is 7.28. The fraction of sp³-hybridized carbons (Fsp3) is 0.524. The van der Waals surface area contributed by atoms with E-state index in [4.69, 9.17) is 0 Å². The monoisotopic (exact) mass is 339 g/mol. The van der Waals surface area contributed by atoms with Crippen molar-refractivity contribution < 1.29 is 4.79 Å². The van der Waals surface area contributed by atoms with Crippen LogP contribution in [-0.4, -0.2) is 33.3 Å². The molecular weight excluding hydrogens is 310 g/mol. The number of rotatable bonds is 6. The maximum atomic E-state index is 12.6. The summed E-state index contributed by atoms with van der Waals surface area (Å²) in [6, 6.07) is 10.3. The molecule has 25 heavy (non-hydrogen) atoms. The highest BCUT2D eigenvalue weighted by Crippen LogP contribution is 2.21. The minimum Gasteiger partial charge on any atom is -0.334 e. The van der Waals surface area contributed by atoms with Crippen LogP contribution < -0.4 is 0 Å². The van der Waals surface area contributed by atoms with Crippen molar-refractivity contribution in [2.24, 2.45) is 13.0 Å². The minimum absolute atomic E-state index is 0.180. The lowest BCUT2D eigenvalue weighted by atomic mass is 9.90. The van der Waals surface area contributed by atoms with Crippen molar-refractivity contribution in [1.82, 2.24) is 14.5 Å². The van der Waals surface area contributed by atoms with Gasteiger partial charge in [-0.3, -0.25) is 9.69 Å². The van der Waals surface area contributed by atoms with E-state index >= 15 is 0 Å². The first-order chi connectivity index (χ1) is 12.0. The molecule has 0 bridgehead atoms. The summed E-state index contributed by atoms with van der Waals surface area (Å²) in [5.74, 6) is 1.70. The summed E-state index contributed by atoms with van der Waals surface area (Å²) in [6.07, 6.45) is 3.64. The maximum absolute atomic E-state index is 12.6. The third-order valence-electron chi connectivity index (χ3n) is 5.54. The number of carbonyl (C=O) groups is 1. The molecule has 0 aliphatic carbocycles. The summed E-state index contributed by atoms with van der Waals surface area (Å²) in [4.78, 5) is 19.7. The number of aromatic nitrogens is 2. The van der Waals surface area contributed by atoms with Crippen LogP contribution in [0.15, 0.2) is 30.3 Å². The van der Waals surface area contributed by atoms with Gasteiger partial charge in [-0.05, 0) is 45.2 Å². The Morgan fingerprint density at radius 2 is 2.00 bits per heavy atom. The Bertz CT molecular complexity index is 720. The Morgan fingerprint density at radius 3 is 2.68 bits per heavy atom. The highest BCUT2D eigenvalue weighted by molar-refractivity contribution is 5.81. The normalized spacial score (nSPS) is 18.4. The van der Waals surface area contributed by atoms with Gasteiger partial charge in [-0.25, -0.2) is 4.98 Å². The number of piperidine rings is 1. The highest BCUT2D eigenvalue weighted by atomic mass is 16.1. The molecule has 4 nitrogen and oxygen atoms in total. The van der Waals surface area contributed by atoms with E-state index in [0.717, 1.165) is 50.4 Å². The number of imidazole rings is 1. The van der Waals surface area contributed by atoms with E-state index in [2.05, 4.69) is 47.5 Å². The maximum Gasteiger partial charge on any atom is 0.137 e. The summed E-state index contributed by atoms with van der Waals surface area (Å²) in [7, 11) is 2.08. The number of hydrogen-bond donors (Lipinski definition) is 0. The molecule has 0 spiro atoms. The molecule has 4 heteroatoms. The Morgan fingerprint density at radius 1 is 1.24 bits per heavy atom. The molecule has 0 amide bonds. The average Bonchev–Trinajstić information content (AvgIpc) is 2.87. The molecule has 134 valence electrons. The third-order valence-corrected chi connectivity index (χ3v) is 5.54. The number of likely N-dealkylation sites (tertiary alicyclic amines) is 1. The second kappa shape index (κ2) is 7.96. The van der Waals surface area contributed by atoms with Gasteiger partial charge in [0.15, 0.2) is 0 Å². The first kappa shape index (κ1) is 17.9.